The molecule has 1 N–H and O–H groups in total. The van der Waals surface area contributed by atoms with Crippen molar-refractivity contribution in [1.82, 2.24) is 4.98 Å². The number of pyridine rings is 1. The van der Waals surface area contributed by atoms with E-state index >= 15 is 0 Å². The minimum absolute atomic E-state index is 0.117. The van der Waals surface area contributed by atoms with Crippen molar-refractivity contribution in [3.8, 4) is 0 Å². The molecule has 112 valence electrons. The number of halogens is 1. The maximum absolute atomic E-state index is 10.8. The van der Waals surface area contributed by atoms with Gasteiger partial charge < -0.3 is 14.8 Å². The second kappa shape index (κ2) is 9.46. The van der Waals surface area contributed by atoms with Crippen molar-refractivity contribution in [2.24, 2.45) is 0 Å². The summed E-state index contributed by atoms with van der Waals surface area (Å²) in [7, 11) is 1.62. The highest BCUT2D eigenvalue weighted by Gasteiger charge is 2.15. The lowest BCUT2D eigenvalue weighted by atomic mass is 10.3. The number of aromatic nitrogens is 1. The molecular formula is C12H18ClN3O4. The summed E-state index contributed by atoms with van der Waals surface area (Å²) in [6.45, 7) is 2.39. The molecular weight excluding hydrogens is 286 g/mol. The first-order chi connectivity index (χ1) is 9.65. The molecule has 7 nitrogen and oxygen atoms in total. The third-order valence-corrected chi connectivity index (χ3v) is 2.68. The van der Waals surface area contributed by atoms with Crippen LogP contribution in [0.4, 0.5) is 11.5 Å². The standard InChI is InChI=1S/C12H18ClN3O4/c1-19-6-7-20-5-3-2-4-14-12-11(16(17)18)8-10(13)9-15-12/h8-9H,2-7H2,1H3,(H,14,15). The summed E-state index contributed by atoms with van der Waals surface area (Å²) in [5.41, 5.74) is -0.117. The SMILES string of the molecule is COCCOCCCCNc1ncc(Cl)cc1[N+](=O)[O-]. The van der Waals surface area contributed by atoms with Crippen LogP contribution in [0.3, 0.4) is 0 Å². The zero-order valence-corrected chi connectivity index (χ0v) is 12.1. The van der Waals surface area contributed by atoms with E-state index in [1.54, 1.807) is 7.11 Å². The number of nitrogens with zero attached hydrogens (tertiary/aromatic N) is 2. The van der Waals surface area contributed by atoms with Gasteiger partial charge in [0, 0.05) is 32.5 Å². The summed E-state index contributed by atoms with van der Waals surface area (Å²) in [5.74, 6) is 0.236. The van der Waals surface area contributed by atoms with E-state index in [0.717, 1.165) is 12.8 Å². The number of nitrogens with one attached hydrogen (secondary N) is 1. The highest BCUT2D eigenvalue weighted by Crippen LogP contribution is 2.24. The van der Waals surface area contributed by atoms with Gasteiger partial charge in [0.1, 0.15) is 0 Å². The van der Waals surface area contributed by atoms with Crippen molar-refractivity contribution in [2.45, 2.75) is 12.8 Å². The van der Waals surface area contributed by atoms with Crippen LogP contribution >= 0.6 is 11.6 Å². The second-order valence-corrected chi connectivity index (χ2v) is 4.45. The fourth-order valence-electron chi connectivity index (χ4n) is 1.48. The maximum Gasteiger partial charge on any atom is 0.312 e. The minimum atomic E-state index is -0.505. The fraction of sp³-hybridized carbons (Fsp3) is 0.583. The normalized spacial score (nSPS) is 10.5. The van der Waals surface area contributed by atoms with Crippen molar-refractivity contribution in [3.05, 3.63) is 27.4 Å². The molecule has 0 amide bonds. The molecule has 0 aromatic carbocycles. The molecule has 1 rings (SSSR count). The van der Waals surface area contributed by atoms with Crippen LogP contribution in [-0.4, -0.2) is 43.4 Å². The van der Waals surface area contributed by atoms with Crippen LogP contribution in [0.2, 0.25) is 5.02 Å². The van der Waals surface area contributed by atoms with Crippen LogP contribution in [0.15, 0.2) is 12.3 Å². The van der Waals surface area contributed by atoms with E-state index in [9.17, 15) is 10.1 Å². The number of rotatable bonds is 10. The molecule has 0 saturated heterocycles. The molecule has 0 spiro atoms. The maximum atomic E-state index is 10.8. The number of hydrogen-bond acceptors (Lipinski definition) is 6. The van der Waals surface area contributed by atoms with Gasteiger partial charge in [-0.25, -0.2) is 4.98 Å². The molecule has 0 atom stereocenters. The molecule has 0 saturated carbocycles. The Morgan fingerprint density at radius 2 is 2.20 bits per heavy atom. The largest absolute Gasteiger partial charge is 0.382 e. The summed E-state index contributed by atoms with van der Waals surface area (Å²) in [6, 6.07) is 1.28. The Balaban J connectivity index is 2.27. The average Bonchev–Trinajstić information content (AvgIpc) is 2.43. The molecule has 1 heterocycles. The summed E-state index contributed by atoms with van der Waals surface area (Å²) in [4.78, 5) is 14.3. The lowest BCUT2D eigenvalue weighted by Crippen LogP contribution is -2.08. The average molecular weight is 304 g/mol. The number of ether oxygens (including phenoxy) is 2. The molecule has 0 aliphatic heterocycles. The van der Waals surface area contributed by atoms with Gasteiger partial charge in [-0.15, -0.1) is 0 Å². The van der Waals surface area contributed by atoms with Crippen molar-refractivity contribution < 1.29 is 14.4 Å². The number of methoxy groups -OCH3 is 1. The van der Waals surface area contributed by atoms with E-state index in [1.165, 1.54) is 12.3 Å². The first kappa shape index (κ1) is 16.6. The van der Waals surface area contributed by atoms with Crippen LogP contribution in [0, 0.1) is 10.1 Å². The summed E-state index contributed by atoms with van der Waals surface area (Å²) >= 11 is 5.68. The molecule has 20 heavy (non-hydrogen) atoms. The molecule has 8 heteroatoms. The summed E-state index contributed by atoms with van der Waals surface area (Å²) in [6.07, 6.45) is 3.07. The first-order valence-corrected chi connectivity index (χ1v) is 6.63. The van der Waals surface area contributed by atoms with E-state index in [0.29, 0.717) is 26.4 Å². The Kier molecular flexibility index (Phi) is 7.86. The highest BCUT2D eigenvalue weighted by molar-refractivity contribution is 6.30. The van der Waals surface area contributed by atoms with E-state index in [4.69, 9.17) is 21.1 Å². The third-order valence-electron chi connectivity index (χ3n) is 2.47. The van der Waals surface area contributed by atoms with Crippen LogP contribution in [0.1, 0.15) is 12.8 Å². The Morgan fingerprint density at radius 1 is 1.40 bits per heavy atom. The van der Waals surface area contributed by atoms with Gasteiger partial charge in [0.15, 0.2) is 0 Å². The van der Waals surface area contributed by atoms with Gasteiger partial charge in [-0.1, -0.05) is 11.6 Å². The summed E-state index contributed by atoms with van der Waals surface area (Å²) < 4.78 is 10.2. The Morgan fingerprint density at radius 3 is 2.90 bits per heavy atom. The predicted octanol–water partition coefficient (Wildman–Crippen LogP) is 2.50. The van der Waals surface area contributed by atoms with Gasteiger partial charge in [0.2, 0.25) is 5.82 Å². The highest BCUT2D eigenvalue weighted by atomic mass is 35.5. The number of hydrogen-bond donors (Lipinski definition) is 1. The van der Waals surface area contributed by atoms with Gasteiger partial charge >= 0.3 is 5.69 Å². The monoisotopic (exact) mass is 303 g/mol. The van der Waals surface area contributed by atoms with Crippen molar-refractivity contribution in [3.63, 3.8) is 0 Å². The summed E-state index contributed by atoms with van der Waals surface area (Å²) in [5, 5.41) is 14.0. The Bertz CT molecular complexity index is 431. The smallest absolute Gasteiger partial charge is 0.312 e. The van der Waals surface area contributed by atoms with Gasteiger partial charge in [0.25, 0.3) is 0 Å². The minimum Gasteiger partial charge on any atom is -0.382 e. The zero-order valence-electron chi connectivity index (χ0n) is 11.3. The van der Waals surface area contributed by atoms with E-state index in [-0.39, 0.29) is 16.5 Å². The second-order valence-electron chi connectivity index (χ2n) is 4.02. The molecule has 0 bridgehead atoms. The van der Waals surface area contributed by atoms with Crippen LogP contribution < -0.4 is 5.32 Å². The van der Waals surface area contributed by atoms with Crippen molar-refractivity contribution in [2.75, 3.05) is 38.8 Å². The molecule has 0 unspecified atom stereocenters. The molecule has 0 radical (unpaired) electrons. The third kappa shape index (κ3) is 6.14. The molecule has 0 fully saturated rings. The van der Waals surface area contributed by atoms with Gasteiger partial charge in [-0.05, 0) is 12.8 Å². The van der Waals surface area contributed by atoms with Crippen LogP contribution in [0.25, 0.3) is 0 Å². The van der Waals surface area contributed by atoms with Crippen LogP contribution in [-0.2, 0) is 9.47 Å². The first-order valence-electron chi connectivity index (χ1n) is 6.25. The van der Waals surface area contributed by atoms with E-state index in [1.807, 2.05) is 0 Å². The van der Waals surface area contributed by atoms with Crippen molar-refractivity contribution in [1.29, 1.82) is 0 Å². The topological polar surface area (TPSA) is 86.5 Å². The molecule has 0 aliphatic carbocycles. The van der Waals surface area contributed by atoms with E-state index < -0.39 is 4.92 Å². The Labute approximate surface area is 122 Å². The van der Waals surface area contributed by atoms with Gasteiger partial charge in [-0.3, -0.25) is 10.1 Å². The van der Waals surface area contributed by atoms with Gasteiger partial charge in [0.05, 0.1) is 23.2 Å². The van der Waals surface area contributed by atoms with Crippen molar-refractivity contribution >= 4 is 23.1 Å². The van der Waals surface area contributed by atoms with Gasteiger partial charge in [-0.2, -0.15) is 0 Å². The van der Waals surface area contributed by atoms with Crippen LogP contribution in [0.5, 0.6) is 0 Å². The van der Waals surface area contributed by atoms with E-state index in [2.05, 4.69) is 10.3 Å². The molecule has 0 aliphatic rings. The lowest BCUT2D eigenvalue weighted by molar-refractivity contribution is -0.384. The fourth-order valence-corrected chi connectivity index (χ4v) is 1.64. The Hall–Kier alpha value is -1.44. The quantitative estimate of drug-likeness (QED) is 0.406. The molecule has 1 aromatic rings. The predicted molar refractivity (Wildman–Crippen MR) is 76.3 cm³/mol. The number of unbranched alkanes of at least 4 members (excludes halogenated alkanes) is 1. The number of nitro groups is 1. The molecule has 1 aromatic heterocycles. The number of anilines is 1. The zero-order chi connectivity index (χ0) is 14.8. The lowest BCUT2D eigenvalue weighted by Gasteiger charge is -2.06.